The average molecular weight is 480 g/mol. The number of nitrogens with one attached hydrogen (secondary N) is 1. The first-order chi connectivity index (χ1) is 16.4. The molecule has 0 unspecified atom stereocenters. The fourth-order valence-corrected chi connectivity index (χ4v) is 4.17. The molecule has 0 aliphatic heterocycles. The topological polar surface area (TPSA) is 99.7 Å². The van der Waals surface area contributed by atoms with Gasteiger partial charge < -0.3 is 14.8 Å². The van der Waals surface area contributed by atoms with Crippen molar-refractivity contribution in [3.05, 3.63) is 77.0 Å². The van der Waals surface area contributed by atoms with Crippen molar-refractivity contribution < 1.29 is 14.3 Å². The third-order valence-electron chi connectivity index (χ3n) is 4.95. The molecule has 1 amide bonds. The van der Waals surface area contributed by atoms with Gasteiger partial charge in [-0.25, -0.2) is 4.98 Å². The van der Waals surface area contributed by atoms with Gasteiger partial charge in [0.25, 0.3) is 17.2 Å². The molecular weight excluding hydrogens is 454 g/mol. The van der Waals surface area contributed by atoms with E-state index in [4.69, 9.17) is 9.47 Å². The summed E-state index contributed by atoms with van der Waals surface area (Å²) in [6.45, 7) is 3.83. The summed E-state index contributed by atoms with van der Waals surface area (Å²) >= 11 is 1.48. The molecule has 10 heteroatoms. The zero-order valence-corrected chi connectivity index (χ0v) is 19.9. The molecule has 2 aromatic carbocycles. The average Bonchev–Trinajstić information content (AvgIpc) is 3.28. The molecule has 0 aliphatic carbocycles. The lowest BCUT2D eigenvalue weighted by atomic mass is 10.3. The van der Waals surface area contributed by atoms with Crippen molar-refractivity contribution in [3.8, 4) is 11.5 Å². The van der Waals surface area contributed by atoms with Gasteiger partial charge in [0.1, 0.15) is 17.8 Å². The van der Waals surface area contributed by atoms with Crippen LogP contribution in [0.25, 0.3) is 5.78 Å². The van der Waals surface area contributed by atoms with Crippen LogP contribution in [0.4, 0.5) is 5.69 Å². The van der Waals surface area contributed by atoms with Gasteiger partial charge in [-0.3, -0.25) is 14.3 Å². The van der Waals surface area contributed by atoms with E-state index in [0.717, 1.165) is 4.90 Å². The summed E-state index contributed by atoms with van der Waals surface area (Å²) in [5.41, 5.74) is 1.11. The number of thioether (sulfide) groups is 1. The number of nitrogens with zero attached hydrogens (tertiary/aromatic N) is 4. The molecule has 34 heavy (non-hydrogen) atoms. The van der Waals surface area contributed by atoms with Crippen LogP contribution in [0.2, 0.25) is 0 Å². The Morgan fingerprint density at radius 3 is 2.59 bits per heavy atom. The maximum Gasteiger partial charge on any atom is 0.274 e. The highest BCUT2D eigenvalue weighted by molar-refractivity contribution is 7.98. The summed E-state index contributed by atoms with van der Waals surface area (Å²) in [6, 6.07) is 16.1. The second-order valence-corrected chi connectivity index (χ2v) is 8.73. The van der Waals surface area contributed by atoms with Crippen molar-refractivity contribution in [2.75, 3.05) is 19.0 Å². The van der Waals surface area contributed by atoms with Gasteiger partial charge in [-0.05, 0) is 50.2 Å². The van der Waals surface area contributed by atoms with Crippen LogP contribution >= 0.6 is 11.8 Å². The molecular formula is C24H25N5O4S. The van der Waals surface area contributed by atoms with Gasteiger partial charge in [-0.2, -0.15) is 9.50 Å². The first-order valence-corrected chi connectivity index (χ1v) is 11.7. The number of anilines is 1. The Hall–Kier alpha value is -3.79. The van der Waals surface area contributed by atoms with E-state index in [1.807, 2.05) is 38.1 Å². The molecule has 2 aromatic heterocycles. The Morgan fingerprint density at radius 1 is 1.12 bits per heavy atom. The van der Waals surface area contributed by atoms with Crippen LogP contribution in [0.15, 0.2) is 70.6 Å². The second-order valence-electron chi connectivity index (χ2n) is 7.71. The smallest absolute Gasteiger partial charge is 0.274 e. The molecule has 176 valence electrons. The summed E-state index contributed by atoms with van der Waals surface area (Å²) < 4.78 is 13.9. The van der Waals surface area contributed by atoms with Crippen molar-refractivity contribution in [2.24, 2.45) is 0 Å². The summed E-state index contributed by atoms with van der Waals surface area (Å²) in [5.74, 6) is 1.84. The Balaban J connectivity index is 1.40. The summed E-state index contributed by atoms with van der Waals surface area (Å²) in [4.78, 5) is 34.7. The maximum absolute atomic E-state index is 12.6. The number of fused-ring (bicyclic) bond motifs is 1. The summed E-state index contributed by atoms with van der Waals surface area (Å²) in [7, 11) is 1.59. The molecule has 4 aromatic rings. The zero-order valence-electron chi connectivity index (χ0n) is 19.1. The molecule has 0 aliphatic rings. The van der Waals surface area contributed by atoms with Crippen molar-refractivity contribution in [3.63, 3.8) is 0 Å². The lowest BCUT2D eigenvalue weighted by Gasteiger charge is -2.12. The number of hydrogen-bond donors (Lipinski definition) is 1. The Labute approximate surface area is 200 Å². The van der Waals surface area contributed by atoms with Crippen LogP contribution in [-0.4, -0.2) is 38.8 Å². The van der Waals surface area contributed by atoms with E-state index < -0.39 is 0 Å². The number of methoxy groups -OCH3 is 1. The highest BCUT2D eigenvalue weighted by atomic mass is 32.2. The number of benzene rings is 2. The summed E-state index contributed by atoms with van der Waals surface area (Å²) in [6.07, 6.45) is 1.62. The standard InChI is InChI=1S/C24H25N5O4S/c1-16(2)28-15-25-24-26-17(12-23(31)29(24)28)14-34-21-7-5-4-6-20(21)27-22(30)13-33-19-10-8-18(32-3)9-11-19/h4-12,15-16H,13-14H2,1-3H3,(H,27,30). The van der Waals surface area contributed by atoms with E-state index in [-0.39, 0.29) is 24.1 Å². The minimum absolute atomic E-state index is 0.0916. The monoisotopic (exact) mass is 479 g/mol. The van der Waals surface area contributed by atoms with Crippen LogP contribution in [0.1, 0.15) is 25.6 Å². The van der Waals surface area contributed by atoms with Crippen molar-refractivity contribution >= 4 is 29.1 Å². The number of carbonyl (C=O) groups excluding carboxylic acids is 1. The van der Waals surface area contributed by atoms with E-state index in [9.17, 15) is 9.59 Å². The normalized spacial score (nSPS) is 11.1. The maximum atomic E-state index is 12.6. The molecule has 0 radical (unpaired) electrons. The van der Waals surface area contributed by atoms with Gasteiger partial charge in [-0.1, -0.05) is 12.1 Å². The highest BCUT2D eigenvalue weighted by Crippen LogP contribution is 2.29. The van der Waals surface area contributed by atoms with Gasteiger partial charge in [-0.15, -0.1) is 11.8 Å². The first kappa shape index (κ1) is 23.4. The third-order valence-corrected chi connectivity index (χ3v) is 6.06. The molecule has 0 saturated heterocycles. The molecule has 2 heterocycles. The zero-order chi connectivity index (χ0) is 24.1. The number of para-hydroxylation sites is 1. The van der Waals surface area contributed by atoms with E-state index in [1.165, 1.54) is 22.3 Å². The number of hydrogen-bond acceptors (Lipinski definition) is 7. The van der Waals surface area contributed by atoms with E-state index in [2.05, 4.69) is 15.3 Å². The van der Waals surface area contributed by atoms with Gasteiger partial charge in [0.2, 0.25) is 0 Å². The molecule has 4 rings (SSSR count). The molecule has 1 N–H and O–H groups in total. The highest BCUT2D eigenvalue weighted by Gasteiger charge is 2.12. The first-order valence-electron chi connectivity index (χ1n) is 10.7. The molecule has 0 saturated carbocycles. The van der Waals surface area contributed by atoms with Gasteiger partial charge in [0.15, 0.2) is 6.61 Å². The quantitative estimate of drug-likeness (QED) is 0.365. The Bertz CT molecular complexity index is 1350. The van der Waals surface area contributed by atoms with Gasteiger partial charge in [0, 0.05) is 22.8 Å². The number of carbonyl (C=O) groups is 1. The second kappa shape index (κ2) is 10.4. The SMILES string of the molecule is COc1ccc(OCC(=O)Nc2ccccc2SCc2cc(=O)n3c(ncn3C(C)C)n2)cc1. The number of amides is 1. The fourth-order valence-electron chi connectivity index (χ4n) is 3.27. The van der Waals surface area contributed by atoms with E-state index in [0.29, 0.717) is 34.4 Å². The van der Waals surface area contributed by atoms with E-state index >= 15 is 0 Å². The molecule has 0 atom stereocenters. The fraction of sp³-hybridized carbons (Fsp3) is 0.250. The molecule has 0 spiro atoms. The van der Waals surface area contributed by atoms with Gasteiger partial charge >= 0.3 is 0 Å². The van der Waals surface area contributed by atoms with Crippen LogP contribution in [0.3, 0.4) is 0 Å². The number of rotatable bonds is 9. The number of aromatic nitrogens is 4. The lowest BCUT2D eigenvalue weighted by molar-refractivity contribution is -0.118. The van der Waals surface area contributed by atoms with Crippen LogP contribution < -0.4 is 20.3 Å². The van der Waals surface area contributed by atoms with Crippen LogP contribution in [0.5, 0.6) is 11.5 Å². The largest absolute Gasteiger partial charge is 0.497 e. The molecule has 0 bridgehead atoms. The van der Waals surface area contributed by atoms with Crippen LogP contribution in [0, 0.1) is 0 Å². The number of ether oxygens (including phenoxy) is 2. The van der Waals surface area contributed by atoms with Crippen molar-refractivity contribution in [1.29, 1.82) is 0 Å². The van der Waals surface area contributed by atoms with E-state index in [1.54, 1.807) is 42.4 Å². The van der Waals surface area contributed by atoms with Gasteiger partial charge in [0.05, 0.1) is 18.5 Å². The van der Waals surface area contributed by atoms with Crippen molar-refractivity contribution in [1.82, 2.24) is 19.2 Å². The third kappa shape index (κ3) is 5.40. The van der Waals surface area contributed by atoms with Crippen LogP contribution in [-0.2, 0) is 10.5 Å². The lowest BCUT2D eigenvalue weighted by Crippen LogP contribution is -2.22. The molecule has 9 nitrogen and oxygen atoms in total. The Morgan fingerprint density at radius 2 is 1.85 bits per heavy atom. The Kier molecular flexibility index (Phi) is 7.17. The predicted molar refractivity (Wildman–Crippen MR) is 131 cm³/mol. The minimum atomic E-state index is -0.277. The predicted octanol–water partition coefficient (Wildman–Crippen LogP) is 3.79. The summed E-state index contributed by atoms with van der Waals surface area (Å²) in [5, 5.41) is 2.89. The van der Waals surface area contributed by atoms with Crippen molar-refractivity contribution in [2.45, 2.75) is 30.5 Å². The minimum Gasteiger partial charge on any atom is -0.497 e. The molecule has 0 fully saturated rings.